The molecule has 1 N–H and O–H groups in total. The molecule has 0 fully saturated rings. The Labute approximate surface area is 183 Å². The van der Waals surface area contributed by atoms with Gasteiger partial charge in [0, 0.05) is 12.3 Å². The van der Waals surface area contributed by atoms with Crippen LogP contribution in [0.5, 0.6) is 5.88 Å². The Bertz CT molecular complexity index is 1370. The highest BCUT2D eigenvalue weighted by Gasteiger charge is 2.15. The quantitative estimate of drug-likeness (QED) is 0.405. The number of benzene rings is 1. The maximum absolute atomic E-state index is 14.7. The van der Waals surface area contributed by atoms with Crippen molar-refractivity contribution in [2.24, 2.45) is 0 Å². The van der Waals surface area contributed by atoms with Gasteiger partial charge in [0.05, 0.1) is 36.6 Å². The number of anilines is 2. The fourth-order valence-corrected chi connectivity index (χ4v) is 3.38. The molecule has 5 rings (SSSR count). The van der Waals surface area contributed by atoms with Gasteiger partial charge in [-0.05, 0) is 36.2 Å². The predicted octanol–water partition coefficient (Wildman–Crippen LogP) is 5.13. The summed E-state index contributed by atoms with van der Waals surface area (Å²) in [6.07, 6.45) is 6.29. The number of halogens is 1. The maximum atomic E-state index is 14.7. The monoisotopic (exact) mass is 426 g/mol. The lowest BCUT2D eigenvalue weighted by atomic mass is 10.1. The minimum Gasteiger partial charge on any atom is -0.478 e. The number of hydrogen-bond donors (Lipinski definition) is 1. The van der Waals surface area contributed by atoms with Gasteiger partial charge in [-0.2, -0.15) is 0 Å². The molecule has 1 aromatic carbocycles. The molecule has 0 saturated heterocycles. The van der Waals surface area contributed by atoms with E-state index in [1.54, 1.807) is 24.5 Å². The van der Waals surface area contributed by atoms with Gasteiger partial charge in [0.25, 0.3) is 0 Å². The normalized spacial score (nSPS) is 10.9. The van der Waals surface area contributed by atoms with Crippen LogP contribution in [-0.4, -0.2) is 30.9 Å². The summed E-state index contributed by atoms with van der Waals surface area (Å²) in [6, 6.07) is 17.4. The number of hydrogen-bond acceptors (Lipinski definition) is 6. The molecule has 0 spiro atoms. The number of ether oxygens (including phenoxy) is 1. The second-order valence-electron chi connectivity index (χ2n) is 6.99. The number of rotatable bonds is 6. The summed E-state index contributed by atoms with van der Waals surface area (Å²) < 4.78 is 21.9. The van der Waals surface area contributed by atoms with E-state index in [1.807, 2.05) is 60.0 Å². The van der Waals surface area contributed by atoms with Crippen LogP contribution in [0, 0.1) is 5.82 Å². The van der Waals surface area contributed by atoms with Crippen LogP contribution < -0.4 is 10.1 Å². The zero-order valence-electron chi connectivity index (χ0n) is 17.2. The van der Waals surface area contributed by atoms with Crippen LogP contribution in [0.2, 0.25) is 0 Å². The number of fused-ring (bicyclic) bond motifs is 1. The lowest BCUT2D eigenvalue weighted by Gasteiger charge is -2.09. The van der Waals surface area contributed by atoms with Crippen LogP contribution >= 0.6 is 0 Å². The average molecular weight is 426 g/mol. The lowest BCUT2D eigenvalue weighted by molar-refractivity contribution is 0.327. The minimum atomic E-state index is -0.535. The predicted molar refractivity (Wildman–Crippen MR) is 120 cm³/mol. The van der Waals surface area contributed by atoms with E-state index < -0.39 is 5.82 Å². The molecule has 4 aromatic heterocycles. The fraction of sp³-hybridized carbons (Fsp3) is 0.0833. The van der Waals surface area contributed by atoms with Gasteiger partial charge < -0.3 is 10.1 Å². The summed E-state index contributed by atoms with van der Waals surface area (Å²) in [5.74, 6) is 0.243. The first kappa shape index (κ1) is 19.6. The summed E-state index contributed by atoms with van der Waals surface area (Å²) in [5, 5.41) is 3.05. The molecule has 0 saturated carbocycles. The van der Waals surface area contributed by atoms with Crippen molar-refractivity contribution in [2.75, 3.05) is 11.9 Å². The minimum absolute atomic E-state index is 0.152. The van der Waals surface area contributed by atoms with Gasteiger partial charge in [-0.25, -0.2) is 24.3 Å². The zero-order valence-corrected chi connectivity index (χ0v) is 17.2. The Morgan fingerprint density at radius 2 is 1.78 bits per heavy atom. The molecule has 0 atom stereocenters. The van der Waals surface area contributed by atoms with Crippen molar-refractivity contribution in [3.63, 3.8) is 0 Å². The smallest absolute Gasteiger partial charge is 0.228 e. The molecule has 32 heavy (non-hydrogen) atoms. The Balaban J connectivity index is 1.50. The Kier molecular flexibility index (Phi) is 5.17. The van der Waals surface area contributed by atoms with Crippen molar-refractivity contribution in [2.45, 2.75) is 6.92 Å². The van der Waals surface area contributed by atoms with Crippen molar-refractivity contribution >= 4 is 17.3 Å². The zero-order chi connectivity index (χ0) is 21.9. The van der Waals surface area contributed by atoms with Crippen molar-refractivity contribution in [1.82, 2.24) is 24.3 Å². The second kappa shape index (κ2) is 8.43. The largest absolute Gasteiger partial charge is 0.478 e. The first-order valence-electron chi connectivity index (χ1n) is 10.1. The van der Waals surface area contributed by atoms with Crippen LogP contribution in [0.1, 0.15) is 6.92 Å². The van der Waals surface area contributed by atoms with E-state index in [2.05, 4.69) is 25.3 Å². The van der Waals surface area contributed by atoms with Crippen LogP contribution in [-0.2, 0) is 0 Å². The molecule has 0 aliphatic heterocycles. The van der Waals surface area contributed by atoms with Crippen molar-refractivity contribution in [3.05, 3.63) is 85.2 Å². The third-order valence-corrected chi connectivity index (χ3v) is 4.88. The van der Waals surface area contributed by atoms with E-state index in [0.717, 1.165) is 17.3 Å². The highest BCUT2D eigenvalue weighted by Crippen LogP contribution is 2.26. The molecular weight excluding hydrogens is 407 g/mol. The van der Waals surface area contributed by atoms with E-state index in [9.17, 15) is 4.39 Å². The van der Waals surface area contributed by atoms with Gasteiger partial charge in [-0.3, -0.25) is 4.40 Å². The molecule has 4 heterocycles. The molecule has 0 radical (unpaired) electrons. The molecule has 0 aliphatic carbocycles. The van der Waals surface area contributed by atoms with Gasteiger partial charge in [0.1, 0.15) is 11.3 Å². The fourth-order valence-electron chi connectivity index (χ4n) is 3.38. The molecule has 0 aliphatic rings. The van der Waals surface area contributed by atoms with Crippen molar-refractivity contribution in [1.29, 1.82) is 0 Å². The molecule has 0 bridgehead atoms. The van der Waals surface area contributed by atoms with Crippen LogP contribution in [0.3, 0.4) is 0 Å². The van der Waals surface area contributed by atoms with Gasteiger partial charge in [-0.1, -0.05) is 30.3 Å². The molecule has 8 heteroatoms. The van der Waals surface area contributed by atoms with Gasteiger partial charge in [0.15, 0.2) is 5.82 Å². The molecule has 0 unspecified atom stereocenters. The molecule has 7 nitrogen and oxygen atoms in total. The summed E-state index contributed by atoms with van der Waals surface area (Å²) in [7, 11) is 0. The standard InChI is InChI=1S/C24H19FN6O/c1-2-32-22-11-9-18(12-27-22)29-24-28-13-19(25)23(30-24)20-14-26-21-10-8-17(15-31(20)21)16-6-4-3-5-7-16/h3-15H,2H2,1H3,(H,28,29,30). The van der Waals surface area contributed by atoms with Crippen LogP contribution in [0.15, 0.2) is 79.4 Å². The number of nitrogens with zero attached hydrogens (tertiary/aromatic N) is 5. The van der Waals surface area contributed by atoms with Crippen molar-refractivity contribution < 1.29 is 9.13 Å². The Morgan fingerprint density at radius 1 is 0.906 bits per heavy atom. The average Bonchev–Trinajstić information content (AvgIpc) is 3.25. The molecule has 5 aromatic rings. The van der Waals surface area contributed by atoms with E-state index in [1.165, 1.54) is 0 Å². The van der Waals surface area contributed by atoms with Gasteiger partial charge in [-0.15, -0.1) is 0 Å². The SMILES string of the molecule is CCOc1ccc(Nc2ncc(F)c(-c3cnc4ccc(-c5ccccc5)cn34)n2)cn1. The summed E-state index contributed by atoms with van der Waals surface area (Å²) >= 11 is 0. The van der Waals surface area contributed by atoms with E-state index in [4.69, 9.17) is 4.74 Å². The Morgan fingerprint density at radius 3 is 2.56 bits per heavy atom. The van der Waals surface area contributed by atoms with Crippen LogP contribution in [0.4, 0.5) is 16.0 Å². The van der Waals surface area contributed by atoms with Crippen LogP contribution in [0.25, 0.3) is 28.2 Å². The van der Waals surface area contributed by atoms with E-state index >= 15 is 0 Å². The summed E-state index contributed by atoms with van der Waals surface area (Å²) in [4.78, 5) is 17.1. The molecule has 158 valence electrons. The second-order valence-corrected chi connectivity index (χ2v) is 6.99. The number of aromatic nitrogens is 5. The molecule has 0 amide bonds. The van der Waals surface area contributed by atoms with E-state index in [-0.39, 0.29) is 11.6 Å². The number of pyridine rings is 2. The third kappa shape index (κ3) is 3.85. The van der Waals surface area contributed by atoms with Gasteiger partial charge >= 0.3 is 0 Å². The summed E-state index contributed by atoms with van der Waals surface area (Å²) in [5.41, 5.74) is 4.09. The maximum Gasteiger partial charge on any atom is 0.228 e. The summed E-state index contributed by atoms with van der Waals surface area (Å²) in [6.45, 7) is 2.43. The number of nitrogens with one attached hydrogen (secondary N) is 1. The van der Waals surface area contributed by atoms with E-state index in [0.29, 0.717) is 29.5 Å². The highest BCUT2D eigenvalue weighted by molar-refractivity contribution is 5.68. The number of imidazole rings is 1. The molecular formula is C24H19FN6O. The Hall–Kier alpha value is -4.33. The topological polar surface area (TPSA) is 77.2 Å². The lowest BCUT2D eigenvalue weighted by Crippen LogP contribution is -2.02. The van der Waals surface area contributed by atoms with Gasteiger partial charge in [0.2, 0.25) is 11.8 Å². The third-order valence-electron chi connectivity index (χ3n) is 4.88. The highest BCUT2D eigenvalue weighted by atomic mass is 19.1. The first-order valence-corrected chi connectivity index (χ1v) is 10.1. The van der Waals surface area contributed by atoms with Crippen molar-refractivity contribution in [3.8, 4) is 28.4 Å². The first-order chi connectivity index (χ1) is 15.7.